The van der Waals surface area contributed by atoms with Gasteiger partial charge in [0, 0.05) is 11.9 Å². The first-order valence-corrected chi connectivity index (χ1v) is 6.48. The molecule has 19 heavy (non-hydrogen) atoms. The van der Waals surface area contributed by atoms with Crippen molar-refractivity contribution in [3.05, 3.63) is 53.9 Å². The lowest BCUT2D eigenvalue weighted by molar-refractivity contribution is 0.722. The molecule has 0 aliphatic heterocycles. The number of rotatable bonds is 3. The maximum Gasteiger partial charge on any atom is 0.229 e. The van der Waals surface area contributed by atoms with Gasteiger partial charge in [-0.15, -0.1) is 0 Å². The lowest BCUT2D eigenvalue weighted by Gasteiger charge is -2.16. The van der Waals surface area contributed by atoms with Crippen LogP contribution < -0.4 is 10.6 Å². The number of anilines is 1. The van der Waals surface area contributed by atoms with E-state index < -0.39 is 0 Å². The van der Waals surface area contributed by atoms with Crippen molar-refractivity contribution in [2.24, 2.45) is 0 Å². The van der Waals surface area contributed by atoms with Gasteiger partial charge in [-0.1, -0.05) is 30.3 Å². The second kappa shape index (κ2) is 6.24. The second-order valence-electron chi connectivity index (χ2n) is 4.25. The molecule has 0 saturated heterocycles. The zero-order chi connectivity index (χ0) is 13.7. The maximum atomic E-state index is 5.25. The zero-order valence-electron chi connectivity index (χ0n) is 10.9. The largest absolute Gasteiger partial charge is 0.356 e. The van der Waals surface area contributed by atoms with Crippen molar-refractivity contribution in [2.75, 3.05) is 5.32 Å². The van der Waals surface area contributed by atoms with Gasteiger partial charge in [-0.05, 0) is 37.7 Å². The second-order valence-corrected chi connectivity index (χ2v) is 4.66. The molecule has 2 N–H and O–H groups in total. The van der Waals surface area contributed by atoms with Crippen molar-refractivity contribution in [3.8, 4) is 0 Å². The Morgan fingerprint density at radius 3 is 2.63 bits per heavy atom. The topological polar surface area (TPSA) is 49.8 Å². The number of hydrogen-bond donors (Lipinski definition) is 2. The molecule has 1 aromatic heterocycles. The number of aromatic nitrogens is 2. The SMILES string of the molecule is Cc1ccnc(NC(=S)N[C@H](C)c2ccccc2)n1. The van der Waals surface area contributed by atoms with E-state index >= 15 is 0 Å². The van der Waals surface area contributed by atoms with Crippen molar-refractivity contribution in [3.63, 3.8) is 0 Å². The van der Waals surface area contributed by atoms with Gasteiger partial charge in [0.2, 0.25) is 5.95 Å². The van der Waals surface area contributed by atoms with Crippen LogP contribution in [0.3, 0.4) is 0 Å². The summed E-state index contributed by atoms with van der Waals surface area (Å²) in [6.45, 7) is 3.97. The van der Waals surface area contributed by atoms with Gasteiger partial charge in [-0.2, -0.15) is 0 Å². The first-order chi connectivity index (χ1) is 9.15. The molecule has 98 valence electrons. The molecular weight excluding hydrogens is 256 g/mol. The Labute approximate surface area is 118 Å². The van der Waals surface area contributed by atoms with Gasteiger partial charge in [-0.3, -0.25) is 0 Å². The average Bonchev–Trinajstić information content (AvgIpc) is 2.39. The minimum absolute atomic E-state index is 0.131. The third-order valence-electron chi connectivity index (χ3n) is 2.67. The Kier molecular flexibility index (Phi) is 4.41. The summed E-state index contributed by atoms with van der Waals surface area (Å²) in [6.07, 6.45) is 1.70. The molecule has 2 rings (SSSR count). The smallest absolute Gasteiger partial charge is 0.229 e. The van der Waals surface area contributed by atoms with Crippen LogP contribution in [-0.4, -0.2) is 15.1 Å². The number of nitrogens with one attached hydrogen (secondary N) is 2. The number of thiocarbonyl (C=S) groups is 1. The molecule has 1 aromatic carbocycles. The molecular formula is C14H16N4S. The number of aryl methyl sites for hydroxylation is 1. The lowest BCUT2D eigenvalue weighted by atomic mass is 10.1. The fourth-order valence-electron chi connectivity index (χ4n) is 1.67. The molecule has 1 heterocycles. The third kappa shape index (κ3) is 3.99. The van der Waals surface area contributed by atoms with Crippen molar-refractivity contribution in [1.82, 2.24) is 15.3 Å². The molecule has 0 spiro atoms. The summed E-state index contributed by atoms with van der Waals surface area (Å²) in [4.78, 5) is 8.35. The van der Waals surface area contributed by atoms with E-state index in [2.05, 4.69) is 39.7 Å². The van der Waals surface area contributed by atoms with Gasteiger partial charge in [0.1, 0.15) is 0 Å². The quantitative estimate of drug-likeness (QED) is 0.841. The highest BCUT2D eigenvalue weighted by molar-refractivity contribution is 7.80. The van der Waals surface area contributed by atoms with E-state index in [9.17, 15) is 0 Å². The number of benzene rings is 1. The van der Waals surface area contributed by atoms with Crippen molar-refractivity contribution in [1.29, 1.82) is 0 Å². The first-order valence-electron chi connectivity index (χ1n) is 6.07. The predicted molar refractivity (Wildman–Crippen MR) is 81.0 cm³/mol. The third-order valence-corrected chi connectivity index (χ3v) is 2.89. The van der Waals surface area contributed by atoms with Crippen LogP contribution in [0, 0.1) is 6.92 Å². The van der Waals surface area contributed by atoms with Crippen LogP contribution in [0.5, 0.6) is 0 Å². The van der Waals surface area contributed by atoms with E-state index in [0.717, 1.165) is 5.69 Å². The van der Waals surface area contributed by atoms with Crippen molar-refractivity contribution in [2.45, 2.75) is 19.9 Å². The van der Waals surface area contributed by atoms with Crippen molar-refractivity contribution >= 4 is 23.3 Å². The van der Waals surface area contributed by atoms with Gasteiger partial charge in [0.25, 0.3) is 0 Å². The summed E-state index contributed by atoms with van der Waals surface area (Å²) >= 11 is 5.25. The summed E-state index contributed by atoms with van der Waals surface area (Å²) < 4.78 is 0. The van der Waals surface area contributed by atoms with Crippen LogP contribution in [-0.2, 0) is 0 Å². The molecule has 0 fully saturated rings. The van der Waals surface area contributed by atoms with Gasteiger partial charge in [0.05, 0.1) is 6.04 Å². The van der Waals surface area contributed by atoms with E-state index in [4.69, 9.17) is 12.2 Å². The summed E-state index contributed by atoms with van der Waals surface area (Å²) in [5, 5.41) is 6.70. The first kappa shape index (κ1) is 13.4. The molecule has 0 saturated carbocycles. The van der Waals surface area contributed by atoms with Gasteiger partial charge >= 0.3 is 0 Å². The summed E-state index contributed by atoms with van der Waals surface area (Å²) in [5.41, 5.74) is 2.08. The summed E-state index contributed by atoms with van der Waals surface area (Å²) in [6, 6.07) is 12.1. The van der Waals surface area contributed by atoms with E-state index in [1.54, 1.807) is 6.20 Å². The molecule has 0 radical (unpaired) electrons. The Bertz CT molecular complexity index is 556. The number of hydrogen-bond acceptors (Lipinski definition) is 3. The molecule has 0 unspecified atom stereocenters. The van der Waals surface area contributed by atoms with Crippen LogP contribution in [0.1, 0.15) is 24.2 Å². The summed E-state index contributed by atoms with van der Waals surface area (Å²) in [7, 11) is 0. The fourth-order valence-corrected chi connectivity index (χ4v) is 1.94. The summed E-state index contributed by atoms with van der Waals surface area (Å²) in [5.74, 6) is 0.512. The van der Waals surface area contributed by atoms with Crippen LogP contribution in [0.4, 0.5) is 5.95 Å². The highest BCUT2D eigenvalue weighted by Crippen LogP contribution is 2.11. The molecule has 2 aromatic rings. The van der Waals surface area contributed by atoms with Crippen LogP contribution in [0.2, 0.25) is 0 Å². The number of nitrogens with zero attached hydrogens (tertiary/aromatic N) is 2. The maximum absolute atomic E-state index is 5.25. The Morgan fingerprint density at radius 2 is 1.95 bits per heavy atom. The molecule has 0 aliphatic carbocycles. The van der Waals surface area contributed by atoms with Gasteiger partial charge < -0.3 is 10.6 Å². The Hall–Kier alpha value is -2.01. The van der Waals surface area contributed by atoms with E-state index in [-0.39, 0.29) is 6.04 Å². The van der Waals surface area contributed by atoms with Crippen LogP contribution in [0.15, 0.2) is 42.6 Å². The molecule has 1 atom stereocenters. The lowest BCUT2D eigenvalue weighted by Crippen LogP contribution is -2.31. The monoisotopic (exact) mass is 272 g/mol. The normalized spacial score (nSPS) is 11.7. The average molecular weight is 272 g/mol. The minimum atomic E-state index is 0.131. The van der Waals surface area contributed by atoms with Gasteiger partial charge in [-0.25, -0.2) is 9.97 Å². The van der Waals surface area contributed by atoms with E-state index in [1.165, 1.54) is 5.56 Å². The van der Waals surface area contributed by atoms with E-state index in [1.807, 2.05) is 31.2 Å². The molecule has 5 heteroatoms. The van der Waals surface area contributed by atoms with Crippen LogP contribution >= 0.6 is 12.2 Å². The molecule has 0 aliphatic rings. The highest BCUT2D eigenvalue weighted by atomic mass is 32.1. The Morgan fingerprint density at radius 1 is 1.21 bits per heavy atom. The molecule has 4 nitrogen and oxygen atoms in total. The molecule has 0 amide bonds. The van der Waals surface area contributed by atoms with E-state index in [0.29, 0.717) is 11.1 Å². The molecule has 0 bridgehead atoms. The Balaban J connectivity index is 1.95. The fraction of sp³-hybridized carbons (Fsp3) is 0.214. The van der Waals surface area contributed by atoms with Gasteiger partial charge in [0.15, 0.2) is 5.11 Å². The minimum Gasteiger partial charge on any atom is -0.356 e. The standard InChI is InChI=1S/C14H16N4S/c1-10-8-9-15-13(16-10)18-14(19)17-11(2)12-6-4-3-5-7-12/h3-9,11H,1-2H3,(H2,15,16,17,18,19)/t11-/m1/s1. The zero-order valence-corrected chi connectivity index (χ0v) is 11.7. The highest BCUT2D eigenvalue weighted by Gasteiger charge is 2.07. The predicted octanol–water partition coefficient (Wildman–Crippen LogP) is 2.83. The van der Waals surface area contributed by atoms with Crippen molar-refractivity contribution < 1.29 is 0 Å². The van der Waals surface area contributed by atoms with Crippen LogP contribution in [0.25, 0.3) is 0 Å².